The normalized spacial score (nSPS) is 14.3. The van der Waals surface area contributed by atoms with Crippen molar-refractivity contribution in [3.8, 4) is 40.0 Å². The van der Waals surface area contributed by atoms with Gasteiger partial charge in [0.05, 0.1) is 37.8 Å². The van der Waals surface area contributed by atoms with Crippen molar-refractivity contribution in [1.82, 2.24) is 19.9 Å². The van der Waals surface area contributed by atoms with Gasteiger partial charge in [0.25, 0.3) is 5.56 Å². The molecule has 0 atom stereocenters. The van der Waals surface area contributed by atoms with Crippen LogP contribution in [0.1, 0.15) is 0 Å². The van der Waals surface area contributed by atoms with Gasteiger partial charge in [-0.3, -0.25) is 9.69 Å². The van der Waals surface area contributed by atoms with Crippen molar-refractivity contribution in [2.75, 3.05) is 59.9 Å². The zero-order valence-electron chi connectivity index (χ0n) is 22.5. The minimum Gasteiger partial charge on any atom is -0.497 e. The lowest BCUT2D eigenvalue weighted by Crippen LogP contribution is -2.38. The molecule has 2 aromatic carbocycles. The molecule has 0 bridgehead atoms. The number of ether oxygens (including phenoxy) is 4. The van der Waals surface area contributed by atoms with Gasteiger partial charge in [-0.2, -0.15) is 0 Å². The second kappa shape index (κ2) is 11.6. The van der Waals surface area contributed by atoms with E-state index in [9.17, 15) is 13.2 Å². The van der Waals surface area contributed by atoms with Crippen LogP contribution in [0.15, 0.2) is 58.2 Å². The van der Waals surface area contributed by atoms with Crippen LogP contribution in [0.5, 0.6) is 17.2 Å². The Balaban J connectivity index is 1.55. The van der Waals surface area contributed by atoms with Gasteiger partial charge in [0.15, 0.2) is 15.7 Å². The van der Waals surface area contributed by atoms with Gasteiger partial charge < -0.3 is 23.9 Å². The topological polar surface area (TPSA) is 133 Å². The van der Waals surface area contributed by atoms with Crippen molar-refractivity contribution >= 4 is 20.7 Å². The number of nitrogens with zero attached hydrogens (tertiary/aromatic N) is 3. The molecule has 12 heteroatoms. The van der Waals surface area contributed by atoms with Crippen LogP contribution in [0.2, 0.25) is 0 Å². The van der Waals surface area contributed by atoms with E-state index in [-0.39, 0.29) is 16.3 Å². The Morgan fingerprint density at radius 3 is 2.40 bits per heavy atom. The monoisotopic (exact) mass is 566 g/mol. The molecule has 4 aromatic rings. The van der Waals surface area contributed by atoms with Crippen LogP contribution in [-0.4, -0.2) is 88.2 Å². The highest BCUT2D eigenvalue weighted by molar-refractivity contribution is 7.90. The lowest BCUT2D eigenvalue weighted by atomic mass is 10.1. The summed E-state index contributed by atoms with van der Waals surface area (Å²) in [7, 11) is -0.367. The van der Waals surface area contributed by atoms with Gasteiger partial charge in [-0.15, -0.1) is 0 Å². The lowest BCUT2D eigenvalue weighted by molar-refractivity contribution is 0.0322. The second-order valence-electron chi connectivity index (χ2n) is 9.28. The Morgan fingerprint density at radius 2 is 1.73 bits per heavy atom. The van der Waals surface area contributed by atoms with Gasteiger partial charge in [-0.1, -0.05) is 12.1 Å². The van der Waals surface area contributed by atoms with E-state index >= 15 is 0 Å². The predicted molar refractivity (Wildman–Crippen MR) is 150 cm³/mol. The fraction of sp³-hybridized carbons (Fsp3) is 0.321. The van der Waals surface area contributed by atoms with Crippen LogP contribution in [-0.2, 0) is 14.6 Å². The van der Waals surface area contributed by atoms with E-state index in [4.69, 9.17) is 23.9 Å². The predicted octanol–water partition coefficient (Wildman–Crippen LogP) is 2.78. The molecule has 1 fully saturated rings. The van der Waals surface area contributed by atoms with Crippen LogP contribution in [0, 0.1) is 0 Å². The molecule has 0 aliphatic carbocycles. The Bertz CT molecular complexity index is 1680. The van der Waals surface area contributed by atoms with Gasteiger partial charge in [0.1, 0.15) is 40.6 Å². The maximum absolute atomic E-state index is 13.1. The minimum absolute atomic E-state index is 0.200. The lowest BCUT2D eigenvalue weighted by Gasteiger charge is -2.26. The van der Waals surface area contributed by atoms with Crippen LogP contribution >= 0.6 is 0 Å². The number of hydrogen-bond donors (Lipinski definition) is 1. The third-order valence-electron chi connectivity index (χ3n) is 6.63. The first-order valence-corrected chi connectivity index (χ1v) is 14.6. The van der Waals surface area contributed by atoms with Crippen LogP contribution in [0.3, 0.4) is 0 Å². The molecule has 0 spiro atoms. The third kappa shape index (κ3) is 5.93. The summed E-state index contributed by atoms with van der Waals surface area (Å²) in [5, 5.41) is 0.298. The van der Waals surface area contributed by atoms with Crippen molar-refractivity contribution in [2.45, 2.75) is 4.90 Å². The number of hydrogen-bond acceptors (Lipinski definition) is 10. The average Bonchev–Trinajstić information content (AvgIpc) is 2.96. The molecule has 1 saturated heterocycles. The third-order valence-corrected chi connectivity index (χ3v) is 7.76. The van der Waals surface area contributed by atoms with Crippen LogP contribution in [0.4, 0.5) is 0 Å². The fourth-order valence-corrected chi connectivity index (χ4v) is 5.11. The zero-order chi connectivity index (χ0) is 28.3. The van der Waals surface area contributed by atoms with E-state index < -0.39 is 9.84 Å². The van der Waals surface area contributed by atoms with E-state index in [0.717, 1.165) is 25.9 Å². The van der Waals surface area contributed by atoms with Crippen molar-refractivity contribution in [3.05, 3.63) is 58.9 Å². The Kier molecular flexibility index (Phi) is 8.01. The van der Waals surface area contributed by atoms with Crippen molar-refractivity contribution in [1.29, 1.82) is 0 Å². The quantitative estimate of drug-likeness (QED) is 0.322. The smallest absolute Gasteiger partial charge is 0.262 e. The molecule has 40 heavy (non-hydrogen) atoms. The number of sulfone groups is 1. The van der Waals surface area contributed by atoms with Gasteiger partial charge in [0, 0.05) is 43.6 Å². The first kappa shape index (κ1) is 27.6. The van der Waals surface area contributed by atoms with E-state index in [1.54, 1.807) is 36.4 Å². The van der Waals surface area contributed by atoms with Gasteiger partial charge in [0.2, 0.25) is 0 Å². The van der Waals surface area contributed by atoms with Gasteiger partial charge in [-0.05, 0) is 24.3 Å². The standard InChI is InChI=1S/C28H30N4O7S/c1-36-19-16-22-25(24(17-19)37-2)28(33)31-27(30-22)21-8-9-23(39-15-12-32-10-13-38-14-11-32)26(29-21)18-4-6-20(7-5-18)40(3,34)35/h4-9,16-17H,10-15H2,1-3H3,(H,30,31,33). The summed E-state index contributed by atoms with van der Waals surface area (Å²) in [4.78, 5) is 27.8. The molecule has 5 rings (SSSR count). The maximum Gasteiger partial charge on any atom is 0.262 e. The van der Waals surface area contributed by atoms with Crippen molar-refractivity contribution in [2.24, 2.45) is 0 Å². The van der Waals surface area contributed by atoms with E-state index in [0.29, 0.717) is 64.9 Å². The maximum atomic E-state index is 13.1. The first-order chi connectivity index (χ1) is 19.3. The number of H-pyrrole nitrogens is 1. The summed E-state index contributed by atoms with van der Waals surface area (Å²) in [6.07, 6.45) is 1.16. The summed E-state index contributed by atoms with van der Waals surface area (Å²) in [5.41, 5.74) is 1.56. The average molecular weight is 567 g/mol. The molecule has 1 aliphatic heterocycles. The Morgan fingerprint density at radius 1 is 0.975 bits per heavy atom. The number of aromatic nitrogens is 3. The number of benzene rings is 2. The van der Waals surface area contributed by atoms with E-state index in [1.165, 1.54) is 26.4 Å². The molecular formula is C28H30N4O7S. The van der Waals surface area contributed by atoms with E-state index in [2.05, 4.69) is 14.9 Å². The molecule has 0 unspecified atom stereocenters. The molecular weight excluding hydrogens is 536 g/mol. The molecule has 0 amide bonds. The SMILES string of the molecule is COc1cc(OC)c2c(=O)[nH]c(-c3ccc(OCCN4CCOCC4)c(-c4ccc(S(C)(=O)=O)cc4)n3)nc2c1. The number of pyridine rings is 1. The number of fused-ring (bicyclic) bond motifs is 1. The molecule has 1 N–H and O–H groups in total. The first-order valence-electron chi connectivity index (χ1n) is 12.7. The highest BCUT2D eigenvalue weighted by Crippen LogP contribution is 2.33. The fourth-order valence-electron chi connectivity index (χ4n) is 4.48. The summed E-state index contributed by atoms with van der Waals surface area (Å²) in [6.45, 7) is 4.24. The summed E-state index contributed by atoms with van der Waals surface area (Å²) < 4.78 is 46.3. The summed E-state index contributed by atoms with van der Waals surface area (Å²) >= 11 is 0. The molecule has 0 saturated carbocycles. The van der Waals surface area contributed by atoms with Crippen LogP contribution in [0.25, 0.3) is 33.7 Å². The number of nitrogens with one attached hydrogen (secondary N) is 1. The number of methoxy groups -OCH3 is 2. The van der Waals surface area contributed by atoms with Gasteiger partial charge >= 0.3 is 0 Å². The molecule has 1 aliphatic rings. The summed E-state index contributed by atoms with van der Waals surface area (Å²) in [5.74, 6) is 1.62. The Labute approximate surface area is 231 Å². The number of rotatable bonds is 9. The second-order valence-corrected chi connectivity index (χ2v) is 11.3. The molecule has 11 nitrogen and oxygen atoms in total. The number of morpholine rings is 1. The molecule has 210 valence electrons. The molecule has 3 heterocycles. The molecule has 0 radical (unpaired) electrons. The zero-order valence-corrected chi connectivity index (χ0v) is 23.3. The molecule has 2 aromatic heterocycles. The van der Waals surface area contributed by atoms with Crippen LogP contribution < -0.4 is 19.8 Å². The Hall–Kier alpha value is -4.00. The van der Waals surface area contributed by atoms with Gasteiger partial charge in [-0.25, -0.2) is 18.4 Å². The number of aromatic amines is 1. The minimum atomic E-state index is -3.36. The highest BCUT2D eigenvalue weighted by Gasteiger charge is 2.18. The summed E-state index contributed by atoms with van der Waals surface area (Å²) in [6, 6.07) is 13.2. The van der Waals surface area contributed by atoms with Crippen molar-refractivity contribution < 1.29 is 27.4 Å². The highest BCUT2D eigenvalue weighted by atomic mass is 32.2. The van der Waals surface area contributed by atoms with Crippen molar-refractivity contribution in [3.63, 3.8) is 0 Å². The largest absolute Gasteiger partial charge is 0.497 e. The van der Waals surface area contributed by atoms with E-state index in [1.807, 2.05) is 0 Å².